The predicted octanol–water partition coefficient (Wildman–Crippen LogP) is 3.74. The fraction of sp³-hybridized carbons (Fsp3) is 0.300. The summed E-state index contributed by atoms with van der Waals surface area (Å²) in [6.45, 7) is 1.77. The van der Waals surface area contributed by atoms with Crippen LogP contribution >= 0.6 is 0 Å². The van der Waals surface area contributed by atoms with Gasteiger partial charge in [0.25, 0.3) is 0 Å². The van der Waals surface area contributed by atoms with Crippen molar-refractivity contribution in [3.63, 3.8) is 0 Å². The van der Waals surface area contributed by atoms with Crippen molar-refractivity contribution < 1.29 is 9.13 Å². The van der Waals surface area contributed by atoms with E-state index in [1.54, 1.807) is 12.1 Å². The molecule has 0 amide bonds. The van der Waals surface area contributed by atoms with Gasteiger partial charge in [0.15, 0.2) is 0 Å². The fourth-order valence-corrected chi connectivity index (χ4v) is 3.17. The molecule has 132 valence electrons. The van der Waals surface area contributed by atoms with Crippen LogP contribution in [0, 0.1) is 5.82 Å². The molecule has 3 aromatic rings. The van der Waals surface area contributed by atoms with Gasteiger partial charge in [-0.05, 0) is 48.6 Å². The number of hydrogen-bond acceptors (Lipinski definition) is 5. The van der Waals surface area contributed by atoms with Crippen molar-refractivity contribution in [3.8, 4) is 5.75 Å². The zero-order chi connectivity index (χ0) is 17.5. The summed E-state index contributed by atoms with van der Waals surface area (Å²) in [5.74, 6) is 1.67. The first kappa shape index (κ1) is 15.5. The highest BCUT2D eigenvalue weighted by atomic mass is 19.1. The molecule has 2 aliphatic rings. The second-order valence-electron chi connectivity index (χ2n) is 6.95. The summed E-state index contributed by atoms with van der Waals surface area (Å²) in [6.07, 6.45) is 4.47. The van der Waals surface area contributed by atoms with Gasteiger partial charge in [-0.25, -0.2) is 14.4 Å². The van der Waals surface area contributed by atoms with E-state index in [4.69, 9.17) is 4.74 Å². The van der Waals surface area contributed by atoms with Gasteiger partial charge in [0.1, 0.15) is 17.7 Å². The molecule has 2 aromatic carbocycles. The van der Waals surface area contributed by atoms with Crippen LogP contribution in [-0.4, -0.2) is 29.2 Å². The number of benzene rings is 2. The third-order valence-electron chi connectivity index (χ3n) is 4.85. The molecule has 2 heterocycles. The van der Waals surface area contributed by atoms with Crippen molar-refractivity contribution in [2.24, 2.45) is 0 Å². The number of rotatable bonds is 5. The van der Waals surface area contributed by atoms with Gasteiger partial charge in [-0.3, -0.25) is 0 Å². The Morgan fingerprint density at radius 2 is 2.04 bits per heavy atom. The minimum absolute atomic E-state index is 0.233. The molecule has 2 fully saturated rings. The Kier molecular flexibility index (Phi) is 3.71. The smallest absolute Gasteiger partial charge is 0.227 e. The van der Waals surface area contributed by atoms with Crippen molar-refractivity contribution in [3.05, 3.63) is 54.0 Å². The van der Waals surface area contributed by atoms with E-state index in [9.17, 15) is 4.39 Å². The van der Waals surface area contributed by atoms with E-state index in [1.807, 2.05) is 12.3 Å². The summed E-state index contributed by atoms with van der Waals surface area (Å²) in [6, 6.07) is 10.4. The van der Waals surface area contributed by atoms with E-state index >= 15 is 0 Å². The highest BCUT2D eigenvalue weighted by molar-refractivity contribution is 5.82. The van der Waals surface area contributed by atoms with Crippen LogP contribution in [0.15, 0.2) is 42.6 Å². The number of nitrogens with one attached hydrogen (secondary N) is 2. The van der Waals surface area contributed by atoms with Crippen LogP contribution < -0.4 is 15.4 Å². The van der Waals surface area contributed by atoms with Crippen LogP contribution in [-0.2, 0) is 0 Å². The molecule has 1 saturated heterocycles. The largest absolute Gasteiger partial charge is 0.487 e. The van der Waals surface area contributed by atoms with Crippen LogP contribution in [0.1, 0.15) is 24.3 Å². The van der Waals surface area contributed by atoms with Gasteiger partial charge in [0.05, 0.1) is 5.52 Å². The van der Waals surface area contributed by atoms with E-state index < -0.39 is 0 Å². The van der Waals surface area contributed by atoms with Gasteiger partial charge in [-0.1, -0.05) is 6.07 Å². The average molecular weight is 350 g/mol. The molecule has 0 unspecified atom stereocenters. The summed E-state index contributed by atoms with van der Waals surface area (Å²) in [5.41, 5.74) is 2.71. The number of nitrogens with zero attached hydrogens (tertiary/aromatic N) is 2. The molecule has 0 bridgehead atoms. The minimum atomic E-state index is -0.297. The fourth-order valence-electron chi connectivity index (χ4n) is 3.17. The first-order valence-electron chi connectivity index (χ1n) is 8.95. The summed E-state index contributed by atoms with van der Waals surface area (Å²) in [7, 11) is 0. The van der Waals surface area contributed by atoms with Crippen LogP contribution in [0.4, 0.5) is 16.0 Å². The summed E-state index contributed by atoms with van der Waals surface area (Å²) in [4.78, 5) is 8.97. The molecule has 0 radical (unpaired) electrons. The number of hydrogen-bond donors (Lipinski definition) is 2. The summed E-state index contributed by atoms with van der Waals surface area (Å²) >= 11 is 0. The maximum atomic E-state index is 13.4. The average Bonchev–Trinajstić information content (AvgIpc) is 3.42. The lowest BCUT2D eigenvalue weighted by molar-refractivity contribution is 0.141. The number of fused-ring (bicyclic) bond motifs is 1. The molecule has 5 nitrogen and oxygen atoms in total. The minimum Gasteiger partial charge on any atom is -0.487 e. The maximum Gasteiger partial charge on any atom is 0.227 e. The Balaban J connectivity index is 1.49. The molecular formula is C20H19FN4O. The van der Waals surface area contributed by atoms with Crippen molar-refractivity contribution in [1.82, 2.24) is 15.3 Å². The van der Waals surface area contributed by atoms with Gasteiger partial charge in [-0.15, -0.1) is 0 Å². The Labute approximate surface area is 150 Å². The summed E-state index contributed by atoms with van der Waals surface area (Å²) in [5, 5.41) is 7.28. The van der Waals surface area contributed by atoms with Gasteiger partial charge in [-0.2, -0.15) is 0 Å². The Morgan fingerprint density at radius 3 is 2.77 bits per heavy atom. The molecule has 1 aliphatic carbocycles. The van der Waals surface area contributed by atoms with Gasteiger partial charge >= 0.3 is 0 Å². The lowest BCUT2D eigenvalue weighted by Crippen LogP contribution is -2.50. The Bertz CT molecular complexity index is 969. The van der Waals surface area contributed by atoms with Crippen LogP contribution in [0.25, 0.3) is 10.9 Å². The van der Waals surface area contributed by atoms with E-state index in [0.29, 0.717) is 17.6 Å². The van der Waals surface area contributed by atoms with Gasteiger partial charge in [0, 0.05) is 36.4 Å². The van der Waals surface area contributed by atoms with Crippen molar-refractivity contribution in [1.29, 1.82) is 0 Å². The summed E-state index contributed by atoms with van der Waals surface area (Å²) < 4.78 is 19.5. The van der Waals surface area contributed by atoms with E-state index in [0.717, 1.165) is 29.7 Å². The van der Waals surface area contributed by atoms with Gasteiger partial charge in [0.2, 0.25) is 5.95 Å². The first-order chi connectivity index (χ1) is 12.7. The van der Waals surface area contributed by atoms with Crippen LogP contribution in [0.5, 0.6) is 5.75 Å². The number of ether oxygens (including phenoxy) is 1. The standard InChI is InChI=1S/C20H19FN4O/c21-14-2-1-3-15(7-14)24-20-23-9-13-6-17(12-4-5-12)19(8-18(13)25-20)26-16-10-22-11-16/h1-3,6-9,12,16,22H,4-5,10-11H2,(H,23,24,25). The van der Waals surface area contributed by atoms with Crippen molar-refractivity contribution in [2.75, 3.05) is 18.4 Å². The zero-order valence-corrected chi connectivity index (χ0v) is 14.2. The second-order valence-corrected chi connectivity index (χ2v) is 6.95. The molecule has 1 aromatic heterocycles. The van der Waals surface area contributed by atoms with E-state index in [2.05, 4.69) is 26.7 Å². The van der Waals surface area contributed by atoms with Crippen molar-refractivity contribution >= 4 is 22.5 Å². The topological polar surface area (TPSA) is 59.1 Å². The number of halogens is 1. The third kappa shape index (κ3) is 3.08. The lowest BCUT2D eigenvalue weighted by Gasteiger charge is -2.29. The first-order valence-corrected chi connectivity index (χ1v) is 8.95. The van der Waals surface area contributed by atoms with E-state index in [1.165, 1.54) is 30.5 Å². The molecule has 5 rings (SSSR count). The Morgan fingerprint density at radius 1 is 1.15 bits per heavy atom. The molecule has 0 atom stereocenters. The molecule has 1 aliphatic heterocycles. The molecule has 6 heteroatoms. The molecule has 1 saturated carbocycles. The number of aromatic nitrogens is 2. The third-order valence-corrected chi connectivity index (χ3v) is 4.85. The van der Waals surface area contributed by atoms with Crippen LogP contribution in [0.2, 0.25) is 0 Å². The highest BCUT2D eigenvalue weighted by Crippen LogP contribution is 2.45. The maximum absolute atomic E-state index is 13.4. The Hall–Kier alpha value is -2.73. The molecular weight excluding hydrogens is 331 g/mol. The zero-order valence-electron chi connectivity index (χ0n) is 14.2. The van der Waals surface area contributed by atoms with E-state index in [-0.39, 0.29) is 11.9 Å². The highest BCUT2D eigenvalue weighted by Gasteiger charge is 2.29. The monoisotopic (exact) mass is 350 g/mol. The lowest BCUT2D eigenvalue weighted by atomic mass is 10.1. The molecule has 0 spiro atoms. The second kappa shape index (κ2) is 6.21. The van der Waals surface area contributed by atoms with Crippen LogP contribution in [0.3, 0.4) is 0 Å². The SMILES string of the molecule is Fc1cccc(Nc2ncc3cc(C4CC4)c(OC4CNC4)cc3n2)c1. The molecule has 26 heavy (non-hydrogen) atoms. The molecule has 2 N–H and O–H groups in total. The number of anilines is 2. The quantitative estimate of drug-likeness (QED) is 0.734. The predicted molar refractivity (Wildman–Crippen MR) is 98.5 cm³/mol. The van der Waals surface area contributed by atoms with Crippen molar-refractivity contribution in [2.45, 2.75) is 24.9 Å². The van der Waals surface area contributed by atoms with Gasteiger partial charge < -0.3 is 15.4 Å². The normalized spacial score (nSPS) is 17.1.